The number of urea groups is 1. The van der Waals surface area contributed by atoms with Crippen molar-refractivity contribution in [3.8, 4) is 0 Å². The van der Waals surface area contributed by atoms with Crippen molar-refractivity contribution in [1.82, 2.24) is 9.80 Å². The summed E-state index contributed by atoms with van der Waals surface area (Å²) in [6, 6.07) is 13.6. The summed E-state index contributed by atoms with van der Waals surface area (Å²) in [5, 5.41) is 41.6. The van der Waals surface area contributed by atoms with Gasteiger partial charge in [0.1, 0.15) is 12.2 Å². The van der Waals surface area contributed by atoms with Crippen LogP contribution in [0.25, 0.3) is 0 Å². The van der Waals surface area contributed by atoms with Gasteiger partial charge in [-0.3, -0.25) is 0 Å². The average Bonchev–Trinajstić information content (AvgIpc) is 2.92. The van der Waals surface area contributed by atoms with Crippen molar-refractivity contribution >= 4 is 6.03 Å². The number of aliphatic hydroxyl groups excluding tert-OH is 4. The van der Waals surface area contributed by atoms with E-state index in [2.05, 4.69) is 27.7 Å². The molecule has 2 amide bonds. The number of hydrogen-bond acceptors (Lipinski definition) is 5. The Kier molecular flexibility index (Phi) is 9.91. The molecule has 1 aliphatic rings. The fourth-order valence-corrected chi connectivity index (χ4v) is 5.04. The summed E-state index contributed by atoms with van der Waals surface area (Å²) in [4.78, 5) is 17.7. The SMILES string of the molecule is CC(C)C[C@@H]1[C@H](O)[C@@H](O)[C@@H](CC(C)C)N(Cc2ccc(CO)cc2)C(=O)N1Cc1ccc(CO)cc1. The molecule has 0 aliphatic carbocycles. The van der Waals surface area contributed by atoms with Crippen LogP contribution in [0.2, 0.25) is 0 Å². The van der Waals surface area contributed by atoms with Gasteiger partial charge in [0.25, 0.3) is 0 Å². The van der Waals surface area contributed by atoms with Crippen molar-refractivity contribution < 1.29 is 25.2 Å². The number of carbonyl (C=O) groups excluding carboxylic acids is 1. The van der Waals surface area contributed by atoms with Crippen LogP contribution in [0.15, 0.2) is 48.5 Å². The van der Waals surface area contributed by atoms with Gasteiger partial charge in [0.15, 0.2) is 0 Å². The summed E-state index contributed by atoms with van der Waals surface area (Å²) in [5.74, 6) is 0.426. The maximum Gasteiger partial charge on any atom is 0.321 e. The summed E-state index contributed by atoms with van der Waals surface area (Å²) in [7, 11) is 0. The third-order valence-corrected chi connectivity index (χ3v) is 6.97. The lowest BCUT2D eigenvalue weighted by Gasteiger charge is -2.36. The lowest BCUT2D eigenvalue weighted by Crippen LogP contribution is -2.49. The van der Waals surface area contributed by atoms with E-state index >= 15 is 0 Å². The van der Waals surface area contributed by atoms with Crippen molar-refractivity contribution in [3.63, 3.8) is 0 Å². The van der Waals surface area contributed by atoms with Crippen LogP contribution >= 0.6 is 0 Å². The van der Waals surface area contributed by atoms with Crippen LogP contribution in [0.4, 0.5) is 4.79 Å². The number of amides is 2. The van der Waals surface area contributed by atoms with Crippen LogP contribution in [0.1, 0.15) is 62.8 Å². The Labute approximate surface area is 215 Å². The van der Waals surface area contributed by atoms with Crippen molar-refractivity contribution in [2.24, 2.45) is 11.8 Å². The van der Waals surface area contributed by atoms with Gasteiger partial charge in [-0.25, -0.2) is 4.79 Å². The first-order chi connectivity index (χ1) is 17.1. The maximum atomic E-state index is 14.2. The van der Waals surface area contributed by atoms with Gasteiger partial charge in [-0.2, -0.15) is 0 Å². The van der Waals surface area contributed by atoms with Gasteiger partial charge in [0.05, 0.1) is 25.3 Å². The molecule has 2 aromatic carbocycles. The van der Waals surface area contributed by atoms with E-state index in [1.54, 1.807) is 9.80 Å². The first-order valence-electron chi connectivity index (χ1n) is 12.9. The summed E-state index contributed by atoms with van der Waals surface area (Å²) in [6.07, 6.45) is -1.05. The normalized spacial score (nSPS) is 23.0. The largest absolute Gasteiger partial charge is 0.392 e. The highest BCUT2D eigenvalue weighted by atomic mass is 16.3. The number of rotatable bonds is 10. The molecule has 1 heterocycles. The minimum absolute atomic E-state index is 0.0520. The number of hydrogen-bond donors (Lipinski definition) is 4. The molecule has 0 aromatic heterocycles. The third kappa shape index (κ3) is 6.85. The Morgan fingerprint density at radius 1 is 0.639 bits per heavy atom. The molecule has 2 aromatic rings. The highest BCUT2D eigenvalue weighted by Crippen LogP contribution is 2.31. The van der Waals surface area contributed by atoms with Crippen molar-refractivity contribution in [1.29, 1.82) is 0 Å². The van der Waals surface area contributed by atoms with Gasteiger partial charge in [-0.05, 0) is 46.9 Å². The highest BCUT2D eigenvalue weighted by Gasteiger charge is 2.46. The molecule has 0 radical (unpaired) electrons. The zero-order chi connectivity index (χ0) is 26.4. The molecule has 0 spiro atoms. The van der Waals surface area contributed by atoms with Gasteiger partial charge in [0, 0.05) is 13.1 Å². The van der Waals surface area contributed by atoms with Gasteiger partial charge in [0.2, 0.25) is 0 Å². The minimum Gasteiger partial charge on any atom is -0.392 e. The fourth-order valence-electron chi connectivity index (χ4n) is 5.04. The van der Waals surface area contributed by atoms with E-state index in [1.807, 2.05) is 48.5 Å². The molecule has 198 valence electrons. The molecule has 7 nitrogen and oxygen atoms in total. The van der Waals surface area contributed by atoms with Gasteiger partial charge in [-0.1, -0.05) is 76.2 Å². The monoisotopic (exact) mass is 498 g/mol. The molecule has 7 heteroatoms. The highest BCUT2D eigenvalue weighted by molar-refractivity contribution is 5.76. The van der Waals surface area contributed by atoms with E-state index in [0.29, 0.717) is 25.9 Å². The van der Waals surface area contributed by atoms with E-state index in [4.69, 9.17) is 0 Å². The molecule has 1 aliphatic heterocycles. The summed E-state index contributed by atoms with van der Waals surface area (Å²) in [6.45, 7) is 8.68. The molecule has 0 bridgehead atoms. The first kappa shape index (κ1) is 28.1. The predicted octanol–water partition coefficient (Wildman–Crippen LogP) is 3.66. The fraction of sp³-hybridized carbons (Fsp3) is 0.552. The Hall–Kier alpha value is -2.45. The van der Waals surface area contributed by atoms with Crippen LogP contribution in [0.3, 0.4) is 0 Å². The predicted molar refractivity (Wildman–Crippen MR) is 140 cm³/mol. The van der Waals surface area contributed by atoms with Crippen molar-refractivity contribution in [2.45, 2.75) is 91.1 Å². The Bertz CT molecular complexity index is 883. The molecular formula is C29H42N2O5. The van der Waals surface area contributed by atoms with Crippen molar-refractivity contribution in [2.75, 3.05) is 0 Å². The molecule has 36 heavy (non-hydrogen) atoms. The quantitative estimate of drug-likeness (QED) is 0.400. The van der Waals surface area contributed by atoms with Crippen LogP contribution in [0.5, 0.6) is 0 Å². The van der Waals surface area contributed by atoms with Gasteiger partial charge in [-0.15, -0.1) is 0 Å². The van der Waals surface area contributed by atoms with Gasteiger partial charge >= 0.3 is 6.03 Å². The summed E-state index contributed by atoms with van der Waals surface area (Å²) < 4.78 is 0. The number of aliphatic hydroxyl groups is 4. The van der Waals surface area contributed by atoms with E-state index < -0.39 is 24.3 Å². The molecule has 1 saturated heterocycles. The van der Waals surface area contributed by atoms with Crippen LogP contribution in [0, 0.1) is 11.8 Å². The van der Waals surface area contributed by atoms with E-state index in [1.165, 1.54) is 0 Å². The smallest absolute Gasteiger partial charge is 0.321 e. The number of carbonyl (C=O) groups is 1. The summed E-state index contributed by atoms with van der Waals surface area (Å²) >= 11 is 0. The maximum absolute atomic E-state index is 14.2. The second-order valence-corrected chi connectivity index (χ2v) is 10.9. The third-order valence-electron chi connectivity index (χ3n) is 6.97. The first-order valence-corrected chi connectivity index (χ1v) is 12.9. The lowest BCUT2D eigenvalue weighted by molar-refractivity contribution is -0.0483. The molecule has 1 fully saturated rings. The molecule has 4 atom stereocenters. The zero-order valence-corrected chi connectivity index (χ0v) is 21.9. The Balaban J connectivity index is 2.03. The molecule has 4 N–H and O–H groups in total. The van der Waals surface area contributed by atoms with E-state index in [-0.39, 0.29) is 31.1 Å². The zero-order valence-electron chi connectivity index (χ0n) is 21.9. The molecular weight excluding hydrogens is 456 g/mol. The van der Waals surface area contributed by atoms with Crippen molar-refractivity contribution in [3.05, 3.63) is 70.8 Å². The second kappa shape index (κ2) is 12.7. The number of nitrogens with zero attached hydrogens (tertiary/aromatic N) is 2. The topological polar surface area (TPSA) is 104 Å². The van der Waals surface area contributed by atoms with Crippen LogP contribution in [-0.2, 0) is 26.3 Å². The Morgan fingerprint density at radius 3 is 1.22 bits per heavy atom. The van der Waals surface area contributed by atoms with E-state index in [0.717, 1.165) is 22.3 Å². The Morgan fingerprint density at radius 2 is 0.944 bits per heavy atom. The molecule has 3 rings (SSSR count). The molecule has 0 saturated carbocycles. The second-order valence-electron chi connectivity index (χ2n) is 10.9. The van der Waals surface area contributed by atoms with Gasteiger partial charge < -0.3 is 30.2 Å². The van der Waals surface area contributed by atoms with Crippen LogP contribution in [-0.4, -0.2) is 60.5 Å². The van der Waals surface area contributed by atoms with Crippen LogP contribution < -0.4 is 0 Å². The average molecular weight is 499 g/mol. The molecule has 0 unspecified atom stereocenters. The lowest BCUT2D eigenvalue weighted by atomic mass is 9.89. The summed E-state index contributed by atoms with van der Waals surface area (Å²) in [5.41, 5.74) is 3.37. The number of benzene rings is 2. The standard InChI is InChI=1S/C29H42N2O5/c1-19(2)13-25-27(34)28(35)26(14-20(3)4)31(16-22-7-11-24(18-33)12-8-22)29(36)30(25)15-21-5-9-23(17-32)10-6-21/h5-12,19-20,25-28,32-35H,13-18H2,1-4H3/t25-,26-,27+,28+/m1/s1. The van der Waals surface area contributed by atoms with E-state index in [9.17, 15) is 25.2 Å². The minimum atomic E-state index is -1.08.